The standard InChI is InChI=1S/C13H11NO7/c1-13(2)20-11(16)8(12(17)21-13)5-7-3-4-10(15)9(6-7)14(18)19/h3-6,15H,1-2H3. The lowest BCUT2D eigenvalue weighted by molar-refractivity contribution is -0.385. The van der Waals surface area contributed by atoms with Crippen LogP contribution in [-0.2, 0) is 19.1 Å². The number of hydrogen-bond acceptors (Lipinski definition) is 7. The Labute approximate surface area is 118 Å². The summed E-state index contributed by atoms with van der Waals surface area (Å²) in [6.45, 7) is 2.82. The van der Waals surface area contributed by atoms with Crippen LogP contribution in [0.4, 0.5) is 5.69 Å². The first-order valence-corrected chi connectivity index (χ1v) is 5.85. The number of nitro benzene ring substituents is 1. The van der Waals surface area contributed by atoms with Crippen LogP contribution >= 0.6 is 0 Å². The summed E-state index contributed by atoms with van der Waals surface area (Å²) in [5.74, 6) is -3.64. The lowest BCUT2D eigenvalue weighted by Crippen LogP contribution is -2.41. The molecule has 0 aromatic heterocycles. The van der Waals surface area contributed by atoms with Crippen LogP contribution in [0.5, 0.6) is 5.75 Å². The van der Waals surface area contributed by atoms with E-state index in [0.29, 0.717) is 0 Å². The van der Waals surface area contributed by atoms with Crippen molar-refractivity contribution in [3.8, 4) is 5.75 Å². The maximum Gasteiger partial charge on any atom is 0.348 e. The summed E-state index contributed by atoms with van der Waals surface area (Å²) < 4.78 is 9.79. The van der Waals surface area contributed by atoms with Crippen LogP contribution in [-0.4, -0.2) is 27.8 Å². The second kappa shape index (κ2) is 4.89. The summed E-state index contributed by atoms with van der Waals surface area (Å²) in [6, 6.07) is 3.44. The van der Waals surface area contributed by atoms with Crippen molar-refractivity contribution in [3.05, 3.63) is 39.4 Å². The van der Waals surface area contributed by atoms with E-state index in [-0.39, 0.29) is 11.1 Å². The molecule has 1 saturated heterocycles. The largest absolute Gasteiger partial charge is 0.502 e. The molecule has 8 nitrogen and oxygen atoms in total. The normalized spacial score (nSPS) is 17.0. The molecule has 1 aliphatic rings. The van der Waals surface area contributed by atoms with Gasteiger partial charge in [0.2, 0.25) is 0 Å². The van der Waals surface area contributed by atoms with Crippen molar-refractivity contribution in [2.24, 2.45) is 0 Å². The molecule has 0 radical (unpaired) electrons. The Morgan fingerprint density at radius 2 is 1.81 bits per heavy atom. The fraction of sp³-hybridized carbons (Fsp3) is 0.231. The van der Waals surface area contributed by atoms with Gasteiger partial charge in [-0.15, -0.1) is 0 Å². The van der Waals surface area contributed by atoms with E-state index in [1.54, 1.807) is 0 Å². The molecule has 1 aliphatic heterocycles. The summed E-state index contributed by atoms with van der Waals surface area (Å²) in [5.41, 5.74) is -0.736. The van der Waals surface area contributed by atoms with E-state index in [2.05, 4.69) is 0 Å². The quantitative estimate of drug-likeness (QED) is 0.289. The van der Waals surface area contributed by atoms with E-state index in [4.69, 9.17) is 9.47 Å². The summed E-state index contributed by atoms with van der Waals surface area (Å²) in [7, 11) is 0. The van der Waals surface area contributed by atoms with Gasteiger partial charge >= 0.3 is 17.6 Å². The van der Waals surface area contributed by atoms with Crippen molar-refractivity contribution < 1.29 is 29.1 Å². The highest BCUT2D eigenvalue weighted by Crippen LogP contribution is 2.29. The number of phenols is 1. The van der Waals surface area contributed by atoms with Crippen molar-refractivity contribution in [2.45, 2.75) is 19.6 Å². The molecule has 0 aliphatic carbocycles. The number of aromatic hydroxyl groups is 1. The molecule has 0 atom stereocenters. The number of rotatable bonds is 2. The number of carbonyl (C=O) groups is 2. The minimum atomic E-state index is -1.35. The molecular formula is C13H11NO7. The number of carbonyl (C=O) groups excluding carboxylic acids is 2. The van der Waals surface area contributed by atoms with Crippen LogP contribution < -0.4 is 0 Å². The fourth-order valence-corrected chi connectivity index (χ4v) is 1.72. The molecule has 0 unspecified atom stereocenters. The van der Waals surface area contributed by atoms with Crippen LogP contribution in [0.15, 0.2) is 23.8 Å². The lowest BCUT2D eigenvalue weighted by atomic mass is 10.1. The van der Waals surface area contributed by atoms with Gasteiger partial charge in [-0.1, -0.05) is 6.07 Å². The molecule has 0 bridgehead atoms. The van der Waals surface area contributed by atoms with Crippen LogP contribution in [0.2, 0.25) is 0 Å². The molecule has 8 heteroatoms. The highest BCUT2D eigenvalue weighted by Gasteiger charge is 2.38. The fourth-order valence-electron chi connectivity index (χ4n) is 1.72. The van der Waals surface area contributed by atoms with E-state index in [1.807, 2.05) is 0 Å². The topological polar surface area (TPSA) is 116 Å². The minimum absolute atomic E-state index is 0.183. The number of cyclic esters (lactones) is 2. The van der Waals surface area contributed by atoms with Crippen LogP contribution in [0.25, 0.3) is 6.08 Å². The monoisotopic (exact) mass is 293 g/mol. The highest BCUT2D eigenvalue weighted by molar-refractivity contribution is 6.18. The smallest absolute Gasteiger partial charge is 0.348 e. The highest BCUT2D eigenvalue weighted by atomic mass is 16.7. The van der Waals surface area contributed by atoms with Gasteiger partial charge in [0.25, 0.3) is 5.79 Å². The maximum absolute atomic E-state index is 11.7. The zero-order valence-corrected chi connectivity index (χ0v) is 11.2. The van der Waals surface area contributed by atoms with Crippen molar-refractivity contribution in [2.75, 3.05) is 0 Å². The Morgan fingerprint density at radius 1 is 1.24 bits per heavy atom. The van der Waals surface area contributed by atoms with E-state index >= 15 is 0 Å². The van der Waals surface area contributed by atoms with E-state index in [0.717, 1.165) is 18.2 Å². The Bertz CT molecular complexity index is 653. The van der Waals surface area contributed by atoms with Crippen LogP contribution in [0.1, 0.15) is 19.4 Å². The number of hydrogen-bond donors (Lipinski definition) is 1. The lowest BCUT2D eigenvalue weighted by Gasteiger charge is -2.29. The Hall–Kier alpha value is -2.90. The van der Waals surface area contributed by atoms with Gasteiger partial charge in [-0.2, -0.15) is 0 Å². The van der Waals surface area contributed by atoms with Crippen molar-refractivity contribution >= 4 is 23.7 Å². The van der Waals surface area contributed by atoms with Crippen molar-refractivity contribution in [1.29, 1.82) is 0 Å². The molecule has 0 spiro atoms. The predicted molar refractivity (Wildman–Crippen MR) is 69.0 cm³/mol. The second-order valence-corrected chi connectivity index (χ2v) is 4.74. The third-order valence-corrected chi connectivity index (χ3v) is 2.62. The van der Waals surface area contributed by atoms with E-state index in [1.165, 1.54) is 19.9 Å². The van der Waals surface area contributed by atoms with E-state index < -0.39 is 34.1 Å². The number of benzene rings is 1. The maximum atomic E-state index is 11.7. The average molecular weight is 293 g/mol. The van der Waals surface area contributed by atoms with Crippen molar-refractivity contribution in [3.63, 3.8) is 0 Å². The summed E-state index contributed by atoms with van der Waals surface area (Å²) >= 11 is 0. The Morgan fingerprint density at radius 3 is 2.33 bits per heavy atom. The van der Waals surface area contributed by atoms with Crippen molar-refractivity contribution in [1.82, 2.24) is 0 Å². The average Bonchev–Trinajstić information content (AvgIpc) is 2.34. The Kier molecular flexibility index (Phi) is 3.38. The van der Waals surface area contributed by atoms with Gasteiger partial charge in [0, 0.05) is 19.9 Å². The van der Waals surface area contributed by atoms with E-state index in [9.17, 15) is 24.8 Å². The molecule has 2 rings (SSSR count). The van der Waals surface area contributed by atoms with Gasteiger partial charge in [0.05, 0.1) is 4.92 Å². The number of phenolic OH excluding ortho intramolecular Hbond substituents is 1. The molecule has 1 fully saturated rings. The van der Waals surface area contributed by atoms with Gasteiger partial charge in [0.1, 0.15) is 5.57 Å². The number of ether oxygens (including phenoxy) is 2. The number of nitrogens with zero attached hydrogens (tertiary/aromatic N) is 1. The van der Waals surface area contributed by atoms with Gasteiger partial charge in [-0.25, -0.2) is 9.59 Å². The summed E-state index contributed by atoms with van der Waals surface area (Å²) in [6.07, 6.45) is 1.10. The molecule has 1 aromatic rings. The molecular weight excluding hydrogens is 282 g/mol. The SMILES string of the molecule is CC1(C)OC(=O)C(=Cc2ccc(O)c([N+](=O)[O-])c2)C(=O)O1. The molecule has 21 heavy (non-hydrogen) atoms. The molecule has 0 saturated carbocycles. The minimum Gasteiger partial charge on any atom is -0.502 e. The second-order valence-electron chi connectivity index (χ2n) is 4.74. The van der Waals surface area contributed by atoms with Gasteiger partial charge in [-0.05, 0) is 17.7 Å². The number of esters is 2. The van der Waals surface area contributed by atoms with Crippen LogP contribution in [0.3, 0.4) is 0 Å². The van der Waals surface area contributed by atoms with Gasteiger partial charge < -0.3 is 14.6 Å². The zero-order chi connectivity index (χ0) is 15.8. The third-order valence-electron chi connectivity index (χ3n) is 2.62. The van der Waals surface area contributed by atoms with Gasteiger partial charge in [0.15, 0.2) is 5.75 Å². The first-order valence-electron chi connectivity index (χ1n) is 5.85. The molecule has 110 valence electrons. The zero-order valence-electron chi connectivity index (χ0n) is 11.2. The predicted octanol–water partition coefficient (Wildman–Crippen LogP) is 1.52. The molecule has 1 N–H and O–H groups in total. The summed E-state index contributed by atoms with van der Waals surface area (Å²) in [5, 5.41) is 20.1. The molecule has 1 heterocycles. The molecule has 0 amide bonds. The first kappa shape index (κ1) is 14.5. The molecule has 1 aromatic carbocycles. The summed E-state index contributed by atoms with van der Waals surface area (Å²) in [4.78, 5) is 33.4. The first-order chi connectivity index (χ1) is 9.69. The number of nitro groups is 1. The van der Waals surface area contributed by atoms with Gasteiger partial charge in [-0.3, -0.25) is 10.1 Å². The Balaban J connectivity index is 2.40. The van der Waals surface area contributed by atoms with Crippen LogP contribution in [0, 0.1) is 10.1 Å². The third kappa shape index (κ3) is 2.99.